The summed E-state index contributed by atoms with van der Waals surface area (Å²) in [5.41, 5.74) is 0.921. The van der Waals surface area contributed by atoms with Gasteiger partial charge in [-0.05, 0) is 31.4 Å². The first-order valence-corrected chi connectivity index (χ1v) is 9.54. The number of alkyl halides is 3. The number of unbranched alkanes of at least 4 members (excludes halogenated alkanes) is 3. The summed E-state index contributed by atoms with van der Waals surface area (Å²) < 4.78 is 42.5. The van der Waals surface area contributed by atoms with Gasteiger partial charge in [-0.3, -0.25) is 0 Å². The lowest BCUT2D eigenvalue weighted by molar-refractivity contribution is -0.941. The number of nitrogens with zero attached hydrogens (tertiary/aromatic N) is 1. The van der Waals surface area contributed by atoms with Crippen LogP contribution in [0, 0.1) is 0 Å². The van der Waals surface area contributed by atoms with Crippen molar-refractivity contribution in [3.05, 3.63) is 29.8 Å². The number of hydrogen-bond donors (Lipinski definition) is 0. The molecule has 0 aliphatic carbocycles. The predicted octanol–water partition coefficient (Wildman–Crippen LogP) is 6.30. The average molecular weight is 360 g/mol. The minimum atomic E-state index is -4.64. The Kier molecular flexibility index (Phi) is 9.33. The Balaban J connectivity index is 2.98. The molecule has 144 valence electrons. The molecule has 0 saturated heterocycles. The van der Waals surface area contributed by atoms with Gasteiger partial charge in [-0.15, -0.1) is 13.2 Å². The highest BCUT2D eigenvalue weighted by Gasteiger charge is 2.31. The lowest BCUT2D eigenvalue weighted by atomic mass is 10.1. The van der Waals surface area contributed by atoms with Crippen molar-refractivity contribution < 1.29 is 22.4 Å². The Labute approximate surface area is 150 Å². The summed E-state index contributed by atoms with van der Waals surface area (Å²) in [5.74, 6) is -0.121. The molecule has 1 aromatic carbocycles. The van der Waals surface area contributed by atoms with Crippen LogP contribution in [0.5, 0.6) is 5.75 Å². The van der Waals surface area contributed by atoms with E-state index in [4.69, 9.17) is 0 Å². The molecule has 0 amide bonds. The van der Waals surface area contributed by atoms with Crippen LogP contribution in [0.4, 0.5) is 13.2 Å². The van der Waals surface area contributed by atoms with Crippen LogP contribution in [0.3, 0.4) is 0 Å². The van der Waals surface area contributed by atoms with Gasteiger partial charge in [0.05, 0.1) is 19.6 Å². The van der Waals surface area contributed by atoms with Crippen LogP contribution in [-0.4, -0.2) is 30.5 Å². The molecule has 0 heterocycles. The Morgan fingerprint density at radius 3 is 1.84 bits per heavy atom. The fourth-order valence-corrected chi connectivity index (χ4v) is 3.28. The van der Waals surface area contributed by atoms with Crippen LogP contribution in [0.2, 0.25) is 0 Å². The van der Waals surface area contributed by atoms with Crippen LogP contribution in [-0.2, 0) is 6.54 Å². The molecule has 0 N–H and O–H groups in total. The third-order valence-electron chi connectivity index (χ3n) is 4.61. The first kappa shape index (κ1) is 21.8. The number of rotatable bonds is 12. The van der Waals surface area contributed by atoms with Crippen molar-refractivity contribution in [2.24, 2.45) is 0 Å². The number of halogens is 3. The third-order valence-corrected chi connectivity index (χ3v) is 4.61. The average Bonchev–Trinajstić information content (AvgIpc) is 2.55. The van der Waals surface area contributed by atoms with Gasteiger partial charge in [0.2, 0.25) is 0 Å². The summed E-state index contributed by atoms with van der Waals surface area (Å²) in [7, 11) is 0. The van der Waals surface area contributed by atoms with Gasteiger partial charge in [0.1, 0.15) is 12.3 Å². The lowest BCUT2D eigenvalue weighted by Crippen LogP contribution is -2.49. The SMILES string of the molecule is CCCC[N+](CCCC)(CCCC)Cc1cccc(OC(F)(F)F)c1. The fraction of sp³-hybridized carbons (Fsp3) is 0.700. The molecule has 0 atom stereocenters. The van der Waals surface area contributed by atoms with Crippen LogP contribution in [0.15, 0.2) is 24.3 Å². The zero-order chi connectivity index (χ0) is 18.8. The van der Waals surface area contributed by atoms with E-state index in [-0.39, 0.29) is 5.75 Å². The maximum Gasteiger partial charge on any atom is 0.573 e. The van der Waals surface area contributed by atoms with Crippen molar-refractivity contribution in [1.82, 2.24) is 0 Å². The maximum atomic E-state index is 12.5. The normalized spacial score (nSPS) is 12.4. The van der Waals surface area contributed by atoms with Crippen LogP contribution < -0.4 is 4.74 Å². The second-order valence-electron chi connectivity index (χ2n) is 6.93. The molecule has 0 saturated carbocycles. The third kappa shape index (κ3) is 8.61. The second kappa shape index (κ2) is 10.7. The van der Waals surface area contributed by atoms with Gasteiger partial charge >= 0.3 is 6.36 Å². The summed E-state index contributed by atoms with van der Waals surface area (Å²) in [5, 5.41) is 0. The Hall–Kier alpha value is -1.23. The molecule has 1 rings (SSSR count). The van der Waals surface area contributed by atoms with E-state index in [1.54, 1.807) is 12.1 Å². The summed E-state index contributed by atoms with van der Waals surface area (Å²) in [6.07, 6.45) is 2.20. The number of benzene rings is 1. The van der Waals surface area contributed by atoms with Gasteiger partial charge in [0.15, 0.2) is 0 Å². The van der Waals surface area contributed by atoms with E-state index in [9.17, 15) is 13.2 Å². The molecule has 0 aromatic heterocycles. The Morgan fingerprint density at radius 2 is 1.40 bits per heavy atom. The van der Waals surface area contributed by atoms with Crippen molar-refractivity contribution in [2.45, 2.75) is 72.2 Å². The van der Waals surface area contributed by atoms with E-state index < -0.39 is 6.36 Å². The lowest BCUT2D eigenvalue weighted by Gasteiger charge is -2.39. The first-order valence-electron chi connectivity index (χ1n) is 9.54. The number of quaternary nitrogens is 1. The predicted molar refractivity (Wildman–Crippen MR) is 96.4 cm³/mol. The van der Waals surface area contributed by atoms with Crippen molar-refractivity contribution >= 4 is 0 Å². The Bertz CT molecular complexity index is 466. The van der Waals surface area contributed by atoms with E-state index in [2.05, 4.69) is 25.5 Å². The summed E-state index contributed by atoms with van der Waals surface area (Å²) in [6, 6.07) is 6.49. The van der Waals surface area contributed by atoms with Gasteiger partial charge in [-0.1, -0.05) is 52.2 Å². The van der Waals surface area contributed by atoms with Gasteiger partial charge in [-0.25, -0.2) is 0 Å². The fourth-order valence-electron chi connectivity index (χ4n) is 3.28. The smallest absolute Gasteiger partial charge is 0.406 e. The maximum absolute atomic E-state index is 12.5. The molecule has 0 bridgehead atoms. The molecule has 0 spiro atoms. The molecule has 25 heavy (non-hydrogen) atoms. The molecule has 0 aliphatic heterocycles. The molecule has 5 heteroatoms. The zero-order valence-electron chi connectivity index (χ0n) is 15.9. The number of ether oxygens (including phenoxy) is 1. The molecule has 1 aromatic rings. The summed E-state index contributed by atoms with van der Waals surface area (Å²) in [4.78, 5) is 0. The van der Waals surface area contributed by atoms with Crippen molar-refractivity contribution in [3.8, 4) is 5.75 Å². The highest BCUT2D eigenvalue weighted by Crippen LogP contribution is 2.26. The molecule has 0 unspecified atom stereocenters. The zero-order valence-corrected chi connectivity index (χ0v) is 15.9. The molecule has 0 fully saturated rings. The van der Waals surface area contributed by atoms with Crippen molar-refractivity contribution in [1.29, 1.82) is 0 Å². The standard InChI is InChI=1S/C20H33F3NO/c1-4-7-13-24(14-8-5-2,15-9-6-3)17-18-11-10-12-19(16-18)25-20(21,22)23/h10-12,16H,4-9,13-15,17H2,1-3H3/q+1. The minimum Gasteiger partial charge on any atom is -0.406 e. The van der Waals surface area contributed by atoms with Crippen LogP contribution in [0.1, 0.15) is 64.9 Å². The molecular formula is C20H33F3NO+. The van der Waals surface area contributed by atoms with E-state index in [0.717, 1.165) is 74.8 Å². The quantitative estimate of drug-likeness (QED) is 0.397. The summed E-state index contributed by atoms with van der Waals surface area (Å²) in [6.45, 7) is 10.6. The van der Waals surface area contributed by atoms with Gasteiger partial charge in [-0.2, -0.15) is 0 Å². The summed E-state index contributed by atoms with van der Waals surface area (Å²) >= 11 is 0. The molecular weight excluding hydrogens is 327 g/mol. The van der Waals surface area contributed by atoms with E-state index in [1.165, 1.54) is 6.07 Å². The van der Waals surface area contributed by atoms with Gasteiger partial charge < -0.3 is 9.22 Å². The van der Waals surface area contributed by atoms with Gasteiger partial charge in [0, 0.05) is 5.56 Å². The Morgan fingerprint density at radius 1 is 0.880 bits per heavy atom. The van der Waals surface area contributed by atoms with E-state index in [0.29, 0.717) is 0 Å². The number of hydrogen-bond acceptors (Lipinski definition) is 1. The molecule has 0 aliphatic rings. The molecule has 2 nitrogen and oxygen atoms in total. The first-order chi connectivity index (χ1) is 11.8. The van der Waals surface area contributed by atoms with Crippen LogP contribution >= 0.6 is 0 Å². The highest BCUT2D eigenvalue weighted by atomic mass is 19.4. The van der Waals surface area contributed by atoms with Gasteiger partial charge in [0.25, 0.3) is 0 Å². The van der Waals surface area contributed by atoms with E-state index in [1.807, 2.05) is 6.07 Å². The largest absolute Gasteiger partial charge is 0.573 e. The van der Waals surface area contributed by atoms with Crippen LogP contribution in [0.25, 0.3) is 0 Å². The topological polar surface area (TPSA) is 9.23 Å². The van der Waals surface area contributed by atoms with E-state index >= 15 is 0 Å². The second-order valence-corrected chi connectivity index (χ2v) is 6.93. The van der Waals surface area contributed by atoms with Crippen molar-refractivity contribution in [3.63, 3.8) is 0 Å². The molecule has 0 radical (unpaired) electrons. The van der Waals surface area contributed by atoms with Crippen molar-refractivity contribution in [2.75, 3.05) is 19.6 Å². The monoisotopic (exact) mass is 360 g/mol. The minimum absolute atomic E-state index is 0.121. The highest BCUT2D eigenvalue weighted by molar-refractivity contribution is 5.28.